The topological polar surface area (TPSA) is 71.3 Å². The number of hydrogen-bond donors (Lipinski definition) is 2. The fraction of sp³-hybridized carbons (Fsp3) is 0.286. The van der Waals surface area contributed by atoms with E-state index < -0.39 is 11.9 Å². The number of aromatic nitrogens is 1. The molecule has 2 rings (SSSR count). The van der Waals surface area contributed by atoms with E-state index in [1.165, 1.54) is 0 Å². The van der Waals surface area contributed by atoms with Gasteiger partial charge in [0.15, 0.2) is 0 Å². The fourth-order valence-corrected chi connectivity index (χ4v) is 2.39. The van der Waals surface area contributed by atoms with Crippen molar-refractivity contribution in [1.29, 1.82) is 0 Å². The molecule has 0 aliphatic carbocycles. The van der Waals surface area contributed by atoms with Gasteiger partial charge in [0, 0.05) is 18.1 Å². The van der Waals surface area contributed by atoms with Crippen molar-refractivity contribution >= 4 is 28.5 Å². The minimum absolute atomic E-state index is 0.168. The zero-order valence-electron chi connectivity index (χ0n) is 11.1. The van der Waals surface area contributed by atoms with Crippen LogP contribution in [0, 0.1) is 0 Å². The normalized spacial score (nSPS) is 10.9. The quantitative estimate of drug-likeness (QED) is 0.814. The third-order valence-electron chi connectivity index (χ3n) is 3.13. The lowest BCUT2D eigenvalue weighted by atomic mass is 10.1. The second-order valence-corrected chi connectivity index (χ2v) is 4.75. The first-order valence-electron chi connectivity index (χ1n) is 6.05. The molecule has 5 nitrogen and oxygen atoms in total. The van der Waals surface area contributed by atoms with E-state index >= 15 is 0 Å². The van der Waals surface area contributed by atoms with E-state index in [-0.39, 0.29) is 5.92 Å². The van der Waals surface area contributed by atoms with E-state index in [0.29, 0.717) is 5.69 Å². The zero-order valence-corrected chi connectivity index (χ0v) is 11.1. The molecule has 0 saturated heterocycles. The molecule has 1 aromatic heterocycles. The molecule has 0 fully saturated rings. The zero-order chi connectivity index (χ0) is 14.2. The summed E-state index contributed by atoms with van der Waals surface area (Å²) < 4.78 is 1.98. The average molecular weight is 260 g/mol. The van der Waals surface area contributed by atoms with Crippen LogP contribution in [-0.4, -0.2) is 21.6 Å². The number of hydrogen-bond acceptors (Lipinski definition) is 2. The lowest BCUT2D eigenvalue weighted by molar-refractivity contribution is -0.147. The smallest absolute Gasteiger partial charge is 0.394 e. The van der Waals surface area contributed by atoms with Gasteiger partial charge in [0.05, 0.1) is 11.2 Å². The summed E-state index contributed by atoms with van der Waals surface area (Å²) in [6.45, 7) is 4.01. The molecule has 5 heteroatoms. The van der Waals surface area contributed by atoms with Crippen molar-refractivity contribution in [2.24, 2.45) is 7.05 Å². The maximum absolute atomic E-state index is 11.4. The van der Waals surface area contributed by atoms with E-state index in [0.717, 1.165) is 16.6 Å². The summed E-state index contributed by atoms with van der Waals surface area (Å²) >= 11 is 0. The number of carboxylic acids is 1. The first-order valence-corrected chi connectivity index (χ1v) is 6.05. The predicted octanol–water partition coefficient (Wildman–Crippen LogP) is 2.32. The molecule has 19 heavy (non-hydrogen) atoms. The van der Waals surface area contributed by atoms with Gasteiger partial charge < -0.3 is 15.0 Å². The Balaban J connectivity index is 2.66. The number of rotatable bonds is 2. The standard InChI is InChI=1S/C14H16N2O3/c1-8(2)12-11(15-13(17)14(18)19)9-6-4-5-7-10(9)16(12)3/h4-8H,1-3H3,(H,15,17)(H,18,19). The van der Waals surface area contributed by atoms with Gasteiger partial charge in [0.25, 0.3) is 0 Å². The molecule has 2 N–H and O–H groups in total. The van der Waals surface area contributed by atoms with Gasteiger partial charge in [-0.3, -0.25) is 4.79 Å². The molecular weight excluding hydrogens is 244 g/mol. The second kappa shape index (κ2) is 4.76. The summed E-state index contributed by atoms with van der Waals surface area (Å²) in [5.74, 6) is -2.33. The van der Waals surface area contributed by atoms with Crippen LogP contribution in [0.25, 0.3) is 10.9 Å². The highest BCUT2D eigenvalue weighted by Crippen LogP contribution is 2.34. The first kappa shape index (κ1) is 13.1. The van der Waals surface area contributed by atoms with Crippen molar-refractivity contribution in [3.63, 3.8) is 0 Å². The second-order valence-electron chi connectivity index (χ2n) is 4.75. The van der Waals surface area contributed by atoms with Crippen LogP contribution in [0.4, 0.5) is 5.69 Å². The number of amides is 1. The molecule has 0 aliphatic heterocycles. The van der Waals surface area contributed by atoms with Crippen LogP contribution >= 0.6 is 0 Å². The number of aliphatic carboxylic acids is 1. The summed E-state index contributed by atoms with van der Waals surface area (Å²) in [5, 5.41) is 12.1. The third kappa shape index (κ3) is 2.19. The number of benzene rings is 1. The van der Waals surface area contributed by atoms with Crippen LogP contribution in [-0.2, 0) is 16.6 Å². The molecule has 0 radical (unpaired) electrons. The highest BCUT2D eigenvalue weighted by Gasteiger charge is 2.21. The average Bonchev–Trinajstić information content (AvgIpc) is 2.63. The van der Waals surface area contributed by atoms with Gasteiger partial charge in [-0.1, -0.05) is 32.0 Å². The van der Waals surface area contributed by atoms with Gasteiger partial charge in [0.2, 0.25) is 0 Å². The molecule has 0 atom stereocenters. The van der Waals surface area contributed by atoms with E-state index in [2.05, 4.69) is 5.32 Å². The van der Waals surface area contributed by atoms with E-state index in [9.17, 15) is 9.59 Å². The summed E-state index contributed by atoms with van der Waals surface area (Å²) in [7, 11) is 1.91. The van der Waals surface area contributed by atoms with Gasteiger partial charge in [-0.15, -0.1) is 0 Å². The molecular formula is C14H16N2O3. The maximum atomic E-state index is 11.4. The molecule has 0 aliphatic rings. The Labute approximate surface area is 110 Å². The van der Waals surface area contributed by atoms with E-state index in [4.69, 9.17) is 5.11 Å². The number of carbonyl (C=O) groups excluding carboxylic acids is 1. The number of aryl methyl sites for hydroxylation is 1. The summed E-state index contributed by atoms with van der Waals surface area (Å²) in [4.78, 5) is 22.1. The lowest BCUT2D eigenvalue weighted by Crippen LogP contribution is -2.22. The number of fused-ring (bicyclic) bond motifs is 1. The first-order chi connectivity index (χ1) is 8.93. The van der Waals surface area contributed by atoms with Crippen LogP contribution in [0.1, 0.15) is 25.5 Å². The lowest BCUT2D eigenvalue weighted by Gasteiger charge is -2.11. The number of para-hydroxylation sites is 1. The molecule has 1 aromatic carbocycles. The van der Waals surface area contributed by atoms with Crippen LogP contribution in [0.5, 0.6) is 0 Å². The molecule has 0 bridgehead atoms. The molecule has 1 amide bonds. The molecule has 1 heterocycles. The van der Waals surface area contributed by atoms with Crippen LogP contribution in [0.15, 0.2) is 24.3 Å². The maximum Gasteiger partial charge on any atom is 0.394 e. The minimum Gasteiger partial charge on any atom is -0.474 e. The van der Waals surface area contributed by atoms with Crippen molar-refractivity contribution in [2.45, 2.75) is 19.8 Å². The van der Waals surface area contributed by atoms with Gasteiger partial charge >= 0.3 is 11.9 Å². The Bertz CT molecular complexity index is 656. The minimum atomic E-state index is -1.48. The predicted molar refractivity (Wildman–Crippen MR) is 73.3 cm³/mol. The van der Waals surface area contributed by atoms with E-state index in [1.54, 1.807) is 0 Å². The van der Waals surface area contributed by atoms with Crippen molar-refractivity contribution in [3.8, 4) is 0 Å². The summed E-state index contributed by atoms with van der Waals surface area (Å²) in [6.07, 6.45) is 0. The number of nitrogens with zero attached hydrogens (tertiary/aromatic N) is 1. The third-order valence-corrected chi connectivity index (χ3v) is 3.13. The van der Waals surface area contributed by atoms with Crippen LogP contribution in [0.3, 0.4) is 0 Å². The Morgan fingerprint density at radius 3 is 2.47 bits per heavy atom. The molecule has 0 spiro atoms. The molecule has 0 saturated carbocycles. The number of carboxylic acid groups (broad SMARTS) is 1. The Kier molecular flexibility index (Phi) is 3.29. The van der Waals surface area contributed by atoms with Crippen molar-refractivity contribution in [3.05, 3.63) is 30.0 Å². The van der Waals surface area contributed by atoms with Crippen molar-refractivity contribution < 1.29 is 14.7 Å². The number of anilines is 1. The SMILES string of the molecule is CC(C)c1c(NC(=O)C(=O)O)c2ccccc2n1C. The number of nitrogens with one attached hydrogen (secondary N) is 1. The van der Waals surface area contributed by atoms with Gasteiger partial charge in [-0.05, 0) is 12.0 Å². The van der Waals surface area contributed by atoms with Crippen molar-refractivity contribution in [2.75, 3.05) is 5.32 Å². The van der Waals surface area contributed by atoms with E-state index in [1.807, 2.05) is 49.7 Å². The van der Waals surface area contributed by atoms with Crippen LogP contribution in [0.2, 0.25) is 0 Å². The summed E-state index contributed by atoms with van der Waals surface area (Å²) in [6, 6.07) is 7.59. The Morgan fingerprint density at radius 2 is 1.89 bits per heavy atom. The molecule has 2 aromatic rings. The monoisotopic (exact) mass is 260 g/mol. The Morgan fingerprint density at radius 1 is 1.26 bits per heavy atom. The highest BCUT2D eigenvalue weighted by atomic mass is 16.4. The number of carbonyl (C=O) groups is 2. The molecule has 0 unspecified atom stereocenters. The van der Waals surface area contributed by atoms with Crippen molar-refractivity contribution in [1.82, 2.24) is 4.57 Å². The summed E-state index contributed by atoms with van der Waals surface area (Å²) in [5.41, 5.74) is 2.46. The largest absolute Gasteiger partial charge is 0.474 e. The molecule has 100 valence electrons. The highest BCUT2D eigenvalue weighted by molar-refractivity contribution is 6.37. The van der Waals surface area contributed by atoms with Gasteiger partial charge in [-0.2, -0.15) is 0 Å². The van der Waals surface area contributed by atoms with Gasteiger partial charge in [0.1, 0.15) is 0 Å². The van der Waals surface area contributed by atoms with Crippen LogP contribution < -0.4 is 5.32 Å². The fourth-order valence-electron chi connectivity index (χ4n) is 2.39. The Hall–Kier alpha value is -2.30. The van der Waals surface area contributed by atoms with Gasteiger partial charge in [-0.25, -0.2) is 4.79 Å².